The smallest absolute Gasteiger partial charge is 0.0358 e. The second kappa shape index (κ2) is 6.48. The highest BCUT2D eigenvalue weighted by Gasteiger charge is 2.27. The van der Waals surface area contributed by atoms with E-state index in [1.54, 1.807) is 0 Å². The molecule has 1 aliphatic carbocycles. The van der Waals surface area contributed by atoms with Crippen LogP contribution in [0.5, 0.6) is 0 Å². The molecule has 1 saturated carbocycles. The predicted molar refractivity (Wildman–Crippen MR) is 64.4 cm³/mol. The van der Waals surface area contributed by atoms with Gasteiger partial charge in [-0.15, -0.1) is 0 Å². The van der Waals surface area contributed by atoms with Crippen molar-refractivity contribution in [1.29, 1.82) is 0 Å². The second-order valence-electron chi connectivity index (χ2n) is 5.05. The van der Waals surface area contributed by atoms with E-state index in [4.69, 9.17) is 0 Å². The molecule has 0 nitrogen and oxygen atoms in total. The summed E-state index contributed by atoms with van der Waals surface area (Å²) in [6.07, 6.45) is 11.7. The third-order valence-electron chi connectivity index (χ3n) is 4.40. The molecule has 0 aliphatic heterocycles. The average molecular weight is 196 g/mol. The third-order valence-corrected chi connectivity index (χ3v) is 4.40. The van der Waals surface area contributed by atoms with Crippen LogP contribution in [-0.2, 0) is 0 Å². The van der Waals surface area contributed by atoms with Crippen LogP contribution in [0, 0.1) is 17.8 Å². The molecule has 0 aromatic heterocycles. The molecule has 1 aliphatic rings. The van der Waals surface area contributed by atoms with Crippen LogP contribution >= 0.6 is 0 Å². The fourth-order valence-corrected chi connectivity index (χ4v) is 3.43. The first-order chi connectivity index (χ1) is 6.83. The van der Waals surface area contributed by atoms with Crippen molar-refractivity contribution in [3.05, 3.63) is 0 Å². The zero-order valence-corrected chi connectivity index (χ0v) is 10.4. The molecule has 0 aromatic carbocycles. The van der Waals surface area contributed by atoms with E-state index < -0.39 is 0 Å². The van der Waals surface area contributed by atoms with Gasteiger partial charge >= 0.3 is 0 Å². The van der Waals surface area contributed by atoms with Crippen molar-refractivity contribution < 1.29 is 0 Å². The Labute approximate surface area is 90.5 Å². The molecule has 0 heterocycles. The van der Waals surface area contributed by atoms with Gasteiger partial charge in [0.2, 0.25) is 0 Å². The molecule has 1 fully saturated rings. The number of hydrogen-bond acceptors (Lipinski definition) is 0. The maximum atomic E-state index is 2.39. The summed E-state index contributed by atoms with van der Waals surface area (Å²) in [5.41, 5.74) is 0. The maximum Gasteiger partial charge on any atom is -0.0358 e. The van der Waals surface area contributed by atoms with Crippen LogP contribution in [0.1, 0.15) is 72.1 Å². The Kier molecular flexibility index (Phi) is 5.59. The topological polar surface area (TPSA) is 0 Å². The monoisotopic (exact) mass is 196 g/mol. The van der Waals surface area contributed by atoms with Crippen molar-refractivity contribution >= 4 is 0 Å². The Bertz CT molecular complexity index is 135. The zero-order valence-electron chi connectivity index (χ0n) is 10.4. The van der Waals surface area contributed by atoms with Gasteiger partial charge in [-0.3, -0.25) is 0 Å². The summed E-state index contributed by atoms with van der Waals surface area (Å²) in [6, 6.07) is 0. The lowest BCUT2D eigenvalue weighted by Gasteiger charge is -2.31. The van der Waals surface area contributed by atoms with Crippen molar-refractivity contribution in [2.45, 2.75) is 72.1 Å². The van der Waals surface area contributed by atoms with Crippen LogP contribution in [0.2, 0.25) is 0 Å². The van der Waals surface area contributed by atoms with E-state index in [-0.39, 0.29) is 0 Å². The van der Waals surface area contributed by atoms with Crippen LogP contribution < -0.4 is 0 Å². The van der Waals surface area contributed by atoms with Gasteiger partial charge in [0.05, 0.1) is 0 Å². The Morgan fingerprint density at radius 2 is 1.57 bits per heavy atom. The standard InChI is InChI=1S/C14H28/c1-4-12(5-2)14-11-9-7-8-10-13(14)6-3/h12-14H,4-11H2,1-3H3. The minimum Gasteiger partial charge on any atom is -0.0651 e. The molecule has 0 amide bonds. The minimum absolute atomic E-state index is 1.01. The van der Waals surface area contributed by atoms with E-state index in [2.05, 4.69) is 20.8 Å². The van der Waals surface area contributed by atoms with Gasteiger partial charge in [-0.1, -0.05) is 65.7 Å². The van der Waals surface area contributed by atoms with E-state index >= 15 is 0 Å². The molecule has 0 spiro atoms. The molecular formula is C14H28. The minimum atomic E-state index is 1.01. The Morgan fingerprint density at radius 1 is 0.929 bits per heavy atom. The average Bonchev–Trinajstić information content (AvgIpc) is 2.45. The quantitative estimate of drug-likeness (QED) is 0.553. The first-order valence-electron chi connectivity index (χ1n) is 6.83. The molecule has 0 radical (unpaired) electrons. The highest BCUT2D eigenvalue weighted by atomic mass is 14.3. The zero-order chi connectivity index (χ0) is 10.4. The Morgan fingerprint density at radius 3 is 2.14 bits per heavy atom. The highest BCUT2D eigenvalue weighted by Crippen LogP contribution is 2.38. The summed E-state index contributed by atoms with van der Waals surface area (Å²) in [5, 5.41) is 0. The van der Waals surface area contributed by atoms with Gasteiger partial charge in [-0.25, -0.2) is 0 Å². The molecule has 0 aromatic rings. The van der Waals surface area contributed by atoms with Crippen molar-refractivity contribution in [2.75, 3.05) is 0 Å². The van der Waals surface area contributed by atoms with Gasteiger partial charge in [-0.05, 0) is 24.2 Å². The van der Waals surface area contributed by atoms with E-state index in [9.17, 15) is 0 Å². The molecular weight excluding hydrogens is 168 g/mol. The first-order valence-corrected chi connectivity index (χ1v) is 6.83. The van der Waals surface area contributed by atoms with Crippen molar-refractivity contribution in [2.24, 2.45) is 17.8 Å². The fraction of sp³-hybridized carbons (Fsp3) is 1.00. The molecule has 2 atom stereocenters. The molecule has 0 N–H and O–H groups in total. The predicted octanol–water partition coefficient (Wildman–Crippen LogP) is 5.03. The summed E-state index contributed by atoms with van der Waals surface area (Å²) < 4.78 is 0. The van der Waals surface area contributed by atoms with Crippen LogP contribution in [-0.4, -0.2) is 0 Å². The first kappa shape index (κ1) is 12.1. The van der Waals surface area contributed by atoms with Crippen molar-refractivity contribution in [3.8, 4) is 0 Å². The van der Waals surface area contributed by atoms with Gasteiger partial charge in [0.1, 0.15) is 0 Å². The van der Waals surface area contributed by atoms with Gasteiger partial charge in [0.25, 0.3) is 0 Å². The Balaban J connectivity index is 2.58. The number of hydrogen-bond donors (Lipinski definition) is 0. The molecule has 0 bridgehead atoms. The molecule has 84 valence electrons. The number of rotatable bonds is 4. The van der Waals surface area contributed by atoms with Gasteiger partial charge in [0, 0.05) is 0 Å². The molecule has 0 heteroatoms. The SMILES string of the molecule is CCC(CC)C1CCCCCC1CC. The van der Waals surface area contributed by atoms with E-state index in [1.165, 1.54) is 51.4 Å². The van der Waals surface area contributed by atoms with E-state index in [0.717, 1.165) is 17.8 Å². The summed E-state index contributed by atoms with van der Waals surface area (Å²) in [5.74, 6) is 3.11. The third kappa shape index (κ3) is 3.00. The molecule has 14 heavy (non-hydrogen) atoms. The lowest BCUT2D eigenvalue weighted by atomic mass is 9.75. The van der Waals surface area contributed by atoms with Crippen LogP contribution in [0.25, 0.3) is 0 Å². The highest BCUT2D eigenvalue weighted by molar-refractivity contribution is 4.78. The lowest BCUT2D eigenvalue weighted by molar-refractivity contribution is 0.195. The summed E-state index contributed by atoms with van der Waals surface area (Å²) >= 11 is 0. The normalized spacial score (nSPS) is 29.1. The molecule has 2 unspecified atom stereocenters. The van der Waals surface area contributed by atoms with Crippen LogP contribution in [0.4, 0.5) is 0 Å². The maximum absolute atomic E-state index is 2.39. The summed E-state index contributed by atoms with van der Waals surface area (Å²) in [7, 11) is 0. The van der Waals surface area contributed by atoms with Crippen LogP contribution in [0.15, 0.2) is 0 Å². The van der Waals surface area contributed by atoms with Gasteiger partial charge < -0.3 is 0 Å². The largest absolute Gasteiger partial charge is 0.0651 e. The second-order valence-corrected chi connectivity index (χ2v) is 5.05. The summed E-state index contributed by atoms with van der Waals surface area (Å²) in [4.78, 5) is 0. The van der Waals surface area contributed by atoms with E-state index in [1.807, 2.05) is 0 Å². The fourth-order valence-electron chi connectivity index (χ4n) is 3.43. The molecule has 1 rings (SSSR count). The molecule has 0 saturated heterocycles. The summed E-state index contributed by atoms with van der Waals surface area (Å²) in [6.45, 7) is 7.16. The van der Waals surface area contributed by atoms with Crippen molar-refractivity contribution in [3.63, 3.8) is 0 Å². The Hall–Kier alpha value is 0. The lowest BCUT2D eigenvalue weighted by Crippen LogP contribution is -2.21. The van der Waals surface area contributed by atoms with Crippen LogP contribution in [0.3, 0.4) is 0 Å². The van der Waals surface area contributed by atoms with Gasteiger partial charge in [0.15, 0.2) is 0 Å². The van der Waals surface area contributed by atoms with Crippen molar-refractivity contribution in [1.82, 2.24) is 0 Å². The van der Waals surface area contributed by atoms with Gasteiger partial charge in [-0.2, -0.15) is 0 Å². The van der Waals surface area contributed by atoms with E-state index in [0.29, 0.717) is 0 Å².